The Balaban J connectivity index is 2.45. The molecule has 1 fully saturated rings. The first-order valence-corrected chi connectivity index (χ1v) is 4.24. The zero-order chi connectivity index (χ0) is 9.84. The van der Waals surface area contributed by atoms with Crippen LogP contribution in [0, 0.1) is 0 Å². The molecular formula is C8H14FNO3. The number of piperidine rings is 1. The number of amides is 1. The van der Waals surface area contributed by atoms with E-state index in [0.29, 0.717) is 13.0 Å². The fraction of sp³-hybridized carbons (Fsp3) is 0.875. The van der Waals surface area contributed by atoms with Gasteiger partial charge in [-0.15, -0.1) is 0 Å². The number of likely N-dealkylation sites (tertiary alicyclic amines) is 1. The largest absolute Gasteiger partial charge is 0.387 e. The van der Waals surface area contributed by atoms with Crippen LogP contribution in [0.5, 0.6) is 0 Å². The van der Waals surface area contributed by atoms with Crippen molar-refractivity contribution >= 4 is 5.91 Å². The Morgan fingerprint density at radius 2 is 2.46 bits per heavy atom. The minimum absolute atomic E-state index is 0.0257. The van der Waals surface area contributed by atoms with Crippen LogP contribution >= 0.6 is 0 Å². The number of rotatable bonds is 2. The summed E-state index contributed by atoms with van der Waals surface area (Å²) in [6, 6.07) is 0. The van der Waals surface area contributed by atoms with Gasteiger partial charge < -0.3 is 14.7 Å². The molecule has 76 valence electrons. The molecule has 1 amide bonds. The predicted octanol–water partition coefficient (Wildman–Crippen LogP) is -0.436. The molecule has 0 aliphatic carbocycles. The summed E-state index contributed by atoms with van der Waals surface area (Å²) in [6.07, 6.45) is -1.07. The summed E-state index contributed by atoms with van der Waals surface area (Å²) >= 11 is 0. The normalized spacial score (nSPS) is 29.0. The van der Waals surface area contributed by atoms with Crippen LogP contribution in [0.1, 0.15) is 6.42 Å². The molecule has 0 radical (unpaired) electrons. The van der Waals surface area contributed by atoms with Crippen LogP contribution in [0.2, 0.25) is 0 Å². The van der Waals surface area contributed by atoms with Gasteiger partial charge in [-0.25, -0.2) is 4.39 Å². The van der Waals surface area contributed by atoms with Gasteiger partial charge in [-0.2, -0.15) is 0 Å². The van der Waals surface area contributed by atoms with Crippen molar-refractivity contribution in [2.75, 3.05) is 26.8 Å². The highest BCUT2D eigenvalue weighted by Crippen LogP contribution is 2.16. The minimum Gasteiger partial charge on any atom is -0.387 e. The molecule has 4 nitrogen and oxygen atoms in total. The smallest absolute Gasteiger partial charge is 0.248 e. The molecule has 0 aromatic rings. The fourth-order valence-electron chi connectivity index (χ4n) is 1.48. The third-order valence-electron chi connectivity index (χ3n) is 2.27. The van der Waals surface area contributed by atoms with E-state index in [9.17, 15) is 9.18 Å². The van der Waals surface area contributed by atoms with Crippen molar-refractivity contribution in [3.8, 4) is 0 Å². The standard InChI is InChI=1S/C8H14FNO3/c1-13-7-2-3-10(4-6(7)9)8(12)5-11/h6-7,11H,2-5H2,1H3. The van der Waals surface area contributed by atoms with Crippen LogP contribution in [-0.2, 0) is 9.53 Å². The van der Waals surface area contributed by atoms with Crippen LogP contribution in [0.4, 0.5) is 4.39 Å². The van der Waals surface area contributed by atoms with Gasteiger partial charge in [-0.05, 0) is 6.42 Å². The van der Waals surface area contributed by atoms with E-state index in [1.165, 1.54) is 12.0 Å². The first-order chi connectivity index (χ1) is 6.19. The molecule has 1 aliphatic heterocycles. The lowest BCUT2D eigenvalue weighted by Gasteiger charge is -2.33. The molecule has 1 rings (SSSR count). The van der Waals surface area contributed by atoms with E-state index in [1.54, 1.807) is 0 Å². The highest BCUT2D eigenvalue weighted by atomic mass is 19.1. The Labute approximate surface area is 76.3 Å². The highest BCUT2D eigenvalue weighted by molar-refractivity contribution is 5.77. The van der Waals surface area contributed by atoms with Gasteiger partial charge in [-0.3, -0.25) is 4.79 Å². The molecular weight excluding hydrogens is 177 g/mol. The molecule has 0 saturated carbocycles. The second-order valence-electron chi connectivity index (χ2n) is 3.08. The van der Waals surface area contributed by atoms with Gasteiger partial charge in [0.15, 0.2) is 0 Å². The topological polar surface area (TPSA) is 49.8 Å². The van der Waals surface area contributed by atoms with Gasteiger partial charge in [0, 0.05) is 13.7 Å². The Hall–Kier alpha value is -0.680. The van der Waals surface area contributed by atoms with Crippen LogP contribution in [0.25, 0.3) is 0 Å². The monoisotopic (exact) mass is 191 g/mol. The maximum absolute atomic E-state index is 13.2. The van der Waals surface area contributed by atoms with E-state index in [2.05, 4.69) is 0 Å². The number of halogens is 1. The van der Waals surface area contributed by atoms with Crippen LogP contribution < -0.4 is 0 Å². The quantitative estimate of drug-likeness (QED) is 0.644. The van der Waals surface area contributed by atoms with E-state index < -0.39 is 24.8 Å². The van der Waals surface area contributed by atoms with Crippen molar-refractivity contribution < 1.29 is 19.0 Å². The average molecular weight is 191 g/mol. The number of carbonyl (C=O) groups is 1. The van der Waals surface area contributed by atoms with Crippen molar-refractivity contribution in [2.24, 2.45) is 0 Å². The average Bonchev–Trinajstić information content (AvgIpc) is 2.16. The number of alkyl halides is 1. The van der Waals surface area contributed by atoms with Crippen molar-refractivity contribution in [3.05, 3.63) is 0 Å². The van der Waals surface area contributed by atoms with Gasteiger partial charge in [0.2, 0.25) is 5.91 Å². The zero-order valence-electron chi connectivity index (χ0n) is 7.57. The number of hydrogen-bond acceptors (Lipinski definition) is 3. The zero-order valence-corrected chi connectivity index (χ0v) is 7.57. The molecule has 1 heterocycles. The molecule has 0 aromatic heterocycles. The SMILES string of the molecule is COC1CCN(C(=O)CO)CC1F. The van der Waals surface area contributed by atoms with E-state index in [4.69, 9.17) is 9.84 Å². The number of aliphatic hydroxyl groups excluding tert-OH is 1. The van der Waals surface area contributed by atoms with Crippen LogP contribution in [-0.4, -0.2) is 55.0 Å². The summed E-state index contributed by atoms with van der Waals surface area (Å²) in [5.41, 5.74) is 0. The Bertz CT molecular complexity index is 188. The van der Waals surface area contributed by atoms with Gasteiger partial charge in [0.25, 0.3) is 0 Å². The second kappa shape index (κ2) is 4.53. The maximum Gasteiger partial charge on any atom is 0.248 e. The molecule has 13 heavy (non-hydrogen) atoms. The maximum atomic E-state index is 13.2. The summed E-state index contributed by atoms with van der Waals surface area (Å²) < 4.78 is 18.1. The number of ether oxygens (including phenoxy) is 1. The third-order valence-corrected chi connectivity index (χ3v) is 2.27. The van der Waals surface area contributed by atoms with E-state index in [-0.39, 0.29) is 6.54 Å². The fourth-order valence-corrected chi connectivity index (χ4v) is 1.48. The van der Waals surface area contributed by atoms with Crippen LogP contribution in [0.3, 0.4) is 0 Å². The Kier molecular flexibility index (Phi) is 3.62. The van der Waals surface area contributed by atoms with E-state index >= 15 is 0 Å². The summed E-state index contributed by atoms with van der Waals surface area (Å²) in [5, 5.41) is 8.55. The first-order valence-electron chi connectivity index (χ1n) is 4.24. The lowest BCUT2D eigenvalue weighted by molar-refractivity contribution is -0.139. The number of aliphatic hydroxyl groups is 1. The molecule has 0 spiro atoms. The number of carbonyl (C=O) groups excluding carboxylic acids is 1. The molecule has 5 heteroatoms. The summed E-state index contributed by atoms with van der Waals surface area (Å²) in [4.78, 5) is 12.3. The van der Waals surface area contributed by atoms with E-state index in [1.807, 2.05) is 0 Å². The minimum atomic E-state index is -1.14. The van der Waals surface area contributed by atoms with Crippen molar-refractivity contribution in [3.63, 3.8) is 0 Å². The number of methoxy groups -OCH3 is 1. The molecule has 2 atom stereocenters. The summed E-state index contributed by atoms with van der Waals surface area (Å²) in [6.45, 7) is -0.0689. The lowest BCUT2D eigenvalue weighted by Crippen LogP contribution is -2.48. The molecule has 1 saturated heterocycles. The first kappa shape index (κ1) is 10.4. The van der Waals surface area contributed by atoms with Crippen LogP contribution in [0.15, 0.2) is 0 Å². The Morgan fingerprint density at radius 3 is 2.92 bits per heavy atom. The van der Waals surface area contributed by atoms with Gasteiger partial charge in [-0.1, -0.05) is 0 Å². The molecule has 0 aromatic carbocycles. The lowest BCUT2D eigenvalue weighted by atomic mass is 10.1. The third kappa shape index (κ3) is 2.38. The highest BCUT2D eigenvalue weighted by Gasteiger charge is 2.30. The van der Waals surface area contributed by atoms with Gasteiger partial charge in [0.1, 0.15) is 12.8 Å². The van der Waals surface area contributed by atoms with Crippen molar-refractivity contribution in [1.82, 2.24) is 4.90 Å². The Morgan fingerprint density at radius 1 is 1.77 bits per heavy atom. The molecule has 0 bridgehead atoms. The number of hydrogen-bond donors (Lipinski definition) is 1. The molecule has 1 N–H and O–H groups in total. The van der Waals surface area contributed by atoms with E-state index in [0.717, 1.165) is 0 Å². The van der Waals surface area contributed by atoms with Crippen molar-refractivity contribution in [1.29, 1.82) is 0 Å². The molecule has 2 unspecified atom stereocenters. The van der Waals surface area contributed by atoms with Gasteiger partial charge >= 0.3 is 0 Å². The van der Waals surface area contributed by atoms with Crippen molar-refractivity contribution in [2.45, 2.75) is 18.7 Å². The van der Waals surface area contributed by atoms with Gasteiger partial charge in [0.05, 0.1) is 12.6 Å². The summed E-state index contributed by atoms with van der Waals surface area (Å²) in [5.74, 6) is -0.419. The second-order valence-corrected chi connectivity index (χ2v) is 3.08. The predicted molar refractivity (Wildman–Crippen MR) is 44.0 cm³/mol. The summed E-state index contributed by atoms with van der Waals surface area (Å²) in [7, 11) is 1.46. The molecule has 1 aliphatic rings. The number of nitrogens with zero attached hydrogens (tertiary/aromatic N) is 1.